The average Bonchev–Trinajstić information content (AvgIpc) is 2.81. The van der Waals surface area contributed by atoms with E-state index in [4.69, 9.17) is 9.63 Å². The van der Waals surface area contributed by atoms with Crippen LogP contribution >= 0.6 is 0 Å². The lowest BCUT2D eigenvalue weighted by molar-refractivity contribution is 0.0692. The third-order valence-electron chi connectivity index (χ3n) is 2.38. The van der Waals surface area contributed by atoms with Gasteiger partial charge in [-0.2, -0.15) is 0 Å². The first-order chi connectivity index (χ1) is 8.66. The van der Waals surface area contributed by atoms with Gasteiger partial charge in [-0.15, -0.1) is 0 Å². The van der Waals surface area contributed by atoms with Crippen LogP contribution in [-0.4, -0.2) is 16.2 Å². The van der Waals surface area contributed by atoms with Gasteiger partial charge >= 0.3 is 5.97 Å². The third-order valence-corrected chi connectivity index (χ3v) is 2.38. The highest BCUT2D eigenvalue weighted by Crippen LogP contribution is 2.10. The number of nitrogens with one attached hydrogen (secondary N) is 1. The Morgan fingerprint density at radius 2 is 2.22 bits per heavy atom. The van der Waals surface area contributed by atoms with E-state index in [0.717, 1.165) is 0 Å². The smallest absolute Gasteiger partial charge is 0.338 e. The Hall–Kier alpha value is -2.21. The van der Waals surface area contributed by atoms with Crippen molar-refractivity contribution in [3.8, 4) is 0 Å². The third kappa shape index (κ3) is 2.92. The number of aromatic carboxylic acids is 1. The molecule has 1 aromatic heterocycles. The summed E-state index contributed by atoms with van der Waals surface area (Å²) >= 11 is 0. The van der Waals surface area contributed by atoms with Gasteiger partial charge in [-0.25, -0.2) is 9.18 Å². The molecule has 18 heavy (non-hydrogen) atoms. The molecule has 0 radical (unpaired) electrons. The molecule has 5 nitrogen and oxygen atoms in total. The van der Waals surface area contributed by atoms with Crippen LogP contribution < -0.4 is 5.32 Å². The highest BCUT2D eigenvalue weighted by atomic mass is 19.1. The lowest BCUT2D eigenvalue weighted by Crippen LogP contribution is -2.13. The summed E-state index contributed by atoms with van der Waals surface area (Å²) < 4.78 is 18.2. The second-order valence-corrected chi connectivity index (χ2v) is 3.70. The van der Waals surface area contributed by atoms with Gasteiger partial charge in [0.25, 0.3) is 0 Å². The molecule has 6 heteroatoms. The molecule has 94 valence electrons. The maximum Gasteiger partial charge on any atom is 0.338 e. The van der Waals surface area contributed by atoms with Gasteiger partial charge in [-0.05, 0) is 17.7 Å². The number of halogens is 1. The van der Waals surface area contributed by atoms with E-state index in [9.17, 15) is 9.18 Å². The van der Waals surface area contributed by atoms with Crippen LogP contribution in [0.25, 0.3) is 0 Å². The summed E-state index contributed by atoms with van der Waals surface area (Å²) in [4.78, 5) is 10.6. The molecule has 0 unspecified atom stereocenters. The van der Waals surface area contributed by atoms with Crippen LogP contribution in [-0.2, 0) is 13.1 Å². The standard InChI is InChI=1S/C12H11FN2O3/c13-11-5-8(1-2-10(11)12(16)17)6-14-7-9-3-4-15-18-9/h1-5,14H,6-7H2,(H,16,17). The summed E-state index contributed by atoms with van der Waals surface area (Å²) in [5, 5.41) is 15.3. The van der Waals surface area contributed by atoms with Crippen molar-refractivity contribution >= 4 is 5.97 Å². The molecule has 0 saturated carbocycles. The zero-order chi connectivity index (χ0) is 13.0. The Morgan fingerprint density at radius 1 is 1.39 bits per heavy atom. The van der Waals surface area contributed by atoms with E-state index < -0.39 is 11.8 Å². The number of carboxylic acid groups (broad SMARTS) is 1. The summed E-state index contributed by atoms with van der Waals surface area (Å²) in [6.45, 7) is 0.889. The molecule has 0 aliphatic heterocycles. The van der Waals surface area contributed by atoms with Gasteiger partial charge in [0.1, 0.15) is 11.6 Å². The number of rotatable bonds is 5. The molecule has 0 aliphatic rings. The van der Waals surface area contributed by atoms with Gasteiger partial charge in [0.15, 0.2) is 0 Å². The number of carbonyl (C=O) groups is 1. The van der Waals surface area contributed by atoms with Crippen LogP contribution in [0, 0.1) is 5.82 Å². The van der Waals surface area contributed by atoms with Crippen LogP contribution in [0.4, 0.5) is 4.39 Å². The van der Waals surface area contributed by atoms with Gasteiger partial charge in [0, 0.05) is 12.6 Å². The van der Waals surface area contributed by atoms with Crippen molar-refractivity contribution in [2.45, 2.75) is 13.1 Å². The maximum absolute atomic E-state index is 13.4. The molecule has 0 spiro atoms. The highest BCUT2D eigenvalue weighted by Gasteiger charge is 2.10. The topological polar surface area (TPSA) is 75.4 Å². The van der Waals surface area contributed by atoms with Crippen LogP contribution in [0.15, 0.2) is 35.0 Å². The molecule has 0 fully saturated rings. The molecular weight excluding hydrogens is 239 g/mol. The summed E-state index contributed by atoms with van der Waals surface area (Å²) in [5.41, 5.74) is 0.339. The van der Waals surface area contributed by atoms with Gasteiger partial charge in [0.05, 0.1) is 18.3 Å². The number of benzene rings is 1. The molecule has 2 N–H and O–H groups in total. The largest absolute Gasteiger partial charge is 0.478 e. The van der Waals surface area contributed by atoms with E-state index in [1.54, 1.807) is 18.3 Å². The average molecular weight is 250 g/mol. The second kappa shape index (κ2) is 5.42. The molecule has 0 atom stereocenters. The van der Waals surface area contributed by atoms with Gasteiger partial charge in [-0.3, -0.25) is 0 Å². The van der Waals surface area contributed by atoms with E-state index in [1.165, 1.54) is 12.1 Å². The fourth-order valence-corrected chi connectivity index (χ4v) is 1.51. The molecule has 0 saturated heterocycles. The van der Waals surface area contributed by atoms with Gasteiger partial charge in [0.2, 0.25) is 0 Å². The van der Waals surface area contributed by atoms with Crippen LogP contribution in [0.5, 0.6) is 0 Å². The molecule has 2 rings (SSSR count). The zero-order valence-electron chi connectivity index (χ0n) is 9.39. The summed E-state index contributed by atoms with van der Waals surface area (Å²) in [6, 6.07) is 5.75. The van der Waals surface area contributed by atoms with Crippen LogP contribution in [0.2, 0.25) is 0 Å². The summed E-state index contributed by atoms with van der Waals surface area (Å²) in [5.74, 6) is -1.33. The summed E-state index contributed by atoms with van der Waals surface area (Å²) in [6.07, 6.45) is 1.54. The molecule has 1 heterocycles. The number of aromatic nitrogens is 1. The van der Waals surface area contributed by atoms with Crippen LogP contribution in [0.1, 0.15) is 21.7 Å². The minimum atomic E-state index is -1.27. The van der Waals surface area contributed by atoms with Crippen molar-refractivity contribution in [2.75, 3.05) is 0 Å². The number of hydrogen-bond donors (Lipinski definition) is 2. The Kier molecular flexibility index (Phi) is 3.69. The summed E-state index contributed by atoms with van der Waals surface area (Å²) in [7, 11) is 0. The first-order valence-corrected chi connectivity index (χ1v) is 5.29. The van der Waals surface area contributed by atoms with E-state index >= 15 is 0 Å². The Bertz CT molecular complexity index is 540. The normalized spacial score (nSPS) is 10.5. The maximum atomic E-state index is 13.4. The SMILES string of the molecule is O=C(O)c1ccc(CNCc2ccno2)cc1F. The molecule has 0 bridgehead atoms. The lowest BCUT2D eigenvalue weighted by Gasteiger charge is -2.04. The molecule has 1 aromatic carbocycles. The Morgan fingerprint density at radius 3 is 2.83 bits per heavy atom. The Balaban J connectivity index is 1.94. The predicted octanol–water partition coefficient (Wildman–Crippen LogP) is 1.80. The monoisotopic (exact) mass is 250 g/mol. The quantitative estimate of drug-likeness (QED) is 0.846. The minimum absolute atomic E-state index is 0.325. The Labute approximate surface area is 102 Å². The predicted molar refractivity (Wildman–Crippen MR) is 60.4 cm³/mol. The van der Waals surface area contributed by atoms with Crippen molar-refractivity contribution in [1.29, 1.82) is 0 Å². The fourth-order valence-electron chi connectivity index (χ4n) is 1.51. The van der Waals surface area contributed by atoms with Gasteiger partial charge < -0.3 is 14.9 Å². The molecule has 0 aliphatic carbocycles. The molecule has 2 aromatic rings. The first kappa shape index (κ1) is 12.3. The number of carboxylic acids is 1. The van der Waals surface area contributed by atoms with Crippen molar-refractivity contribution in [3.05, 3.63) is 53.2 Å². The van der Waals surface area contributed by atoms with E-state index in [-0.39, 0.29) is 5.56 Å². The van der Waals surface area contributed by atoms with E-state index in [0.29, 0.717) is 24.4 Å². The molecule has 0 amide bonds. The van der Waals surface area contributed by atoms with E-state index in [2.05, 4.69) is 10.5 Å². The van der Waals surface area contributed by atoms with Crippen molar-refractivity contribution in [3.63, 3.8) is 0 Å². The van der Waals surface area contributed by atoms with E-state index in [1.807, 2.05) is 0 Å². The second-order valence-electron chi connectivity index (χ2n) is 3.70. The van der Waals surface area contributed by atoms with Crippen LogP contribution in [0.3, 0.4) is 0 Å². The zero-order valence-corrected chi connectivity index (χ0v) is 9.39. The highest BCUT2D eigenvalue weighted by molar-refractivity contribution is 5.87. The number of hydrogen-bond acceptors (Lipinski definition) is 4. The van der Waals surface area contributed by atoms with Crippen molar-refractivity contribution in [2.24, 2.45) is 0 Å². The van der Waals surface area contributed by atoms with Gasteiger partial charge in [-0.1, -0.05) is 11.2 Å². The lowest BCUT2D eigenvalue weighted by atomic mass is 10.1. The minimum Gasteiger partial charge on any atom is -0.478 e. The fraction of sp³-hybridized carbons (Fsp3) is 0.167. The number of nitrogens with zero attached hydrogens (tertiary/aromatic N) is 1. The van der Waals surface area contributed by atoms with Crippen molar-refractivity contribution < 1.29 is 18.8 Å². The van der Waals surface area contributed by atoms with Crippen molar-refractivity contribution in [1.82, 2.24) is 10.5 Å². The first-order valence-electron chi connectivity index (χ1n) is 5.29. The molecular formula is C12H11FN2O3.